The van der Waals surface area contributed by atoms with Crippen molar-refractivity contribution in [2.75, 3.05) is 11.5 Å². The Bertz CT molecular complexity index is 589. The molecule has 2 nitrogen and oxygen atoms in total. The molecule has 2 aromatic carbocycles. The normalized spacial score (nSPS) is 11.2. The number of anilines is 2. The molecule has 2 heteroatoms. The number of hydrogen-bond donors (Lipinski definition) is 2. The average molecular weight is 327 g/mol. The minimum atomic E-state index is 0.875. The standard InChI is InChI=1S/C22H34N2/c1-3-5-7-9-11-17-13-19-20(21(23)15-17)14-18(16-22(19)24)12-10-8-6-4-2/h13-16H,3-12,23-24H2,1-2H3. The van der Waals surface area contributed by atoms with Crippen LogP contribution in [0.15, 0.2) is 24.3 Å². The van der Waals surface area contributed by atoms with Crippen molar-refractivity contribution in [3.8, 4) is 0 Å². The van der Waals surface area contributed by atoms with Crippen LogP contribution in [0.2, 0.25) is 0 Å². The summed E-state index contributed by atoms with van der Waals surface area (Å²) in [4.78, 5) is 0. The molecule has 24 heavy (non-hydrogen) atoms. The van der Waals surface area contributed by atoms with E-state index < -0.39 is 0 Å². The molecule has 0 saturated heterocycles. The van der Waals surface area contributed by atoms with Crippen molar-refractivity contribution >= 4 is 22.1 Å². The first-order valence-electron chi connectivity index (χ1n) is 9.76. The van der Waals surface area contributed by atoms with Crippen molar-refractivity contribution < 1.29 is 0 Å². The molecule has 0 amide bonds. The van der Waals surface area contributed by atoms with E-state index in [1.54, 1.807) is 0 Å². The van der Waals surface area contributed by atoms with Crippen LogP contribution >= 0.6 is 0 Å². The van der Waals surface area contributed by atoms with E-state index in [0.29, 0.717) is 0 Å². The summed E-state index contributed by atoms with van der Waals surface area (Å²) in [7, 11) is 0. The predicted molar refractivity (Wildman–Crippen MR) is 108 cm³/mol. The minimum absolute atomic E-state index is 0.875. The second kappa shape index (κ2) is 9.56. The smallest absolute Gasteiger partial charge is 0.0397 e. The summed E-state index contributed by atoms with van der Waals surface area (Å²) < 4.78 is 0. The zero-order valence-electron chi connectivity index (χ0n) is 15.5. The lowest BCUT2D eigenvalue weighted by molar-refractivity contribution is 0.667. The second-order valence-electron chi connectivity index (χ2n) is 7.09. The van der Waals surface area contributed by atoms with Gasteiger partial charge in [0, 0.05) is 22.1 Å². The Hall–Kier alpha value is -1.70. The SMILES string of the molecule is CCCCCCc1cc(N)c2cc(CCCCCC)cc(N)c2c1. The summed E-state index contributed by atoms with van der Waals surface area (Å²) >= 11 is 0. The maximum atomic E-state index is 6.35. The number of rotatable bonds is 10. The van der Waals surface area contributed by atoms with E-state index in [1.165, 1.54) is 62.5 Å². The Morgan fingerprint density at radius 2 is 1.00 bits per heavy atom. The van der Waals surface area contributed by atoms with Crippen LogP contribution in [-0.2, 0) is 12.8 Å². The van der Waals surface area contributed by atoms with Gasteiger partial charge in [-0.25, -0.2) is 0 Å². The molecule has 0 radical (unpaired) electrons. The molecular weight excluding hydrogens is 292 g/mol. The van der Waals surface area contributed by atoms with E-state index in [4.69, 9.17) is 11.5 Å². The van der Waals surface area contributed by atoms with Gasteiger partial charge in [-0.2, -0.15) is 0 Å². The van der Waals surface area contributed by atoms with E-state index in [2.05, 4.69) is 38.1 Å². The molecule has 0 aliphatic rings. The molecule has 0 bridgehead atoms. The van der Waals surface area contributed by atoms with Crippen molar-refractivity contribution in [1.29, 1.82) is 0 Å². The molecule has 0 aromatic heterocycles. The number of fused-ring (bicyclic) bond motifs is 1. The van der Waals surface area contributed by atoms with Gasteiger partial charge in [-0.15, -0.1) is 0 Å². The first-order chi connectivity index (χ1) is 11.7. The van der Waals surface area contributed by atoms with Crippen LogP contribution in [0.1, 0.15) is 76.3 Å². The van der Waals surface area contributed by atoms with Gasteiger partial charge >= 0.3 is 0 Å². The van der Waals surface area contributed by atoms with Gasteiger partial charge in [0.15, 0.2) is 0 Å². The summed E-state index contributed by atoms with van der Waals surface area (Å²) in [6.45, 7) is 4.49. The third-order valence-electron chi connectivity index (χ3n) is 4.89. The molecule has 0 atom stereocenters. The van der Waals surface area contributed by atoms with E-state index in [1.807, 2.05) is 0 Å². The highest BCUT2D eigenvalue weighted by Crippen LogP contribution is 2.30. The Balaban J connectivity index is 2.13. The summed E-state index contributed by atoms with van der Waals surface area (Å²) in [5, 5.41) is 2.25. The third kappa shape index (κ3) is 5.15. The first kappa shape index (κ1) is 18.6. The average Bonchev–Trinajstić information content (AvgIpc) is 2.57. The predicted octanol–water partition coefficient (Wildman–Crippen LogP) is 6.25. The van der Waals surface area contributed by atoms with Crippen LogP contribution in [0.3, 0.4) is 0 Å². The number of benzene rings is 2. The molecule has 0 aliphatic carbocycles. The summed E-state index contributed by atoms with van der Waals surface area (Å²) in [5.41, 5.74) is 17.1. The monoisotopic (exact) mass is 326 g/mol. The van der Waals surface area contributed by atoms with Gasteiger partial charge in [-0.3, -0.25) is 0 Å². The molecule has 0 unspecified atom stereocenters. The maximum absolute atomic E-state index is 6.35. The molecule has 4 N–H and O–H groups in total. The third-order valence-corrected chi connectivity index (χ3v) is 4.89. The van der Waals surface area contributed by atoms with Crippen LogP contribution in [0.4, 0.5) is 11.4 Å². The highest BCUT2D eigenvalue weighted by Gasteiger charge is 2.07. The second-order valence-corrected chi connectivity index (χ2v) is 7.09. The topological polar surface area (TPSA) is 52.0 Å². The summed E-state index contributed by atoms with van der Waals surface area (Å²) in [5.74, 6) is 0. The van der Waals surface area contributed by atoms with E-state index in [0.717, 1.165) is 35.0 Å². The fraction of sp³-hybridized carbons (Fsp3) is 0.545. The van der Waals surface area contributed by atoms with Crippen LogP contribution in [0.25, 0.3) is 10.8 Å². The van der Waals surface area contributed by atoms with Gasteiger partial charge in [-0.05, 0) is 61.1 Å². The number of unbranched alkanes of at least 4 members (excludes halogenated alkanes) is 6. The van der Waals surface area contributed by atoms with Gasteiger partial charge in [0.05, 0.1) is 0 Å². The summed E-state index contributed by atoms with van der Waals surface area (Å²) in [6, 6.07) is 8.78. The Kier molecular flexibility index (Phi) is 7.42. The zero-order chi connectivity index (χ0) is 17.4. The molecule has 2 aromatic rings. The molecule has 0 spiro atoms. The Labute approximate surface area is 147 Å². The van der Waals surface area contributed by atoms with Crippen LogP contribution < -0.4 is 11.5 Å². The van der Waals surface area contributed by atoms with Crippen molar-refractivity contribution in [2.45, 2.75) is 78.1 Å². The lowest BCUT2D eigenvalue weighted by Crippen LogP contribution is -1.97. The molecule has 0 saturated carbocycles. The lowest BCUT2D eigenvalue weighted by Gasteiger charge is -2.12. The molecule has 132 valence electrons. The molecule has 0 aliphatic heterocycles. The lowest BCUT2D eigenvalue weighted by atomic mass is 9.96. The van der Waals surface area contributed by atoms with Crippen molar-refractivity contribution in [3.05, 3.63) is 35.4 Å². The van der Waals surface area contributed by atoms with Crippen LogP contribution in [0, 0.1) is 0 Å². The summed E-state index contributed by atoms with van der Waals surface area (Å²) in [6.07, 6.45) is 12.4. The first-order valence-corrected chi connectivity index (χ1v) is 9.76. The van der Waals surface area contributed by atoms with Crippen LogP contribution in [0.5, 0.6) is 0 Å². The van der Waals surface area contributed by atoms with E-state index >= 15 is 0 Å². The van der Waals surface area contributed by atoms with Crippen molar-refractivity contribution in [3.63, 3.8) is 0 Å². The molecule has 0 fully saturated rings. The quantitative estimate of drug-likeness (QED) is 0.400. The number of nitrogen functional groups attached to an aromatic ring is 2. The van der Waals surface area contributed by atoms with E-state index in [9.17, 15) is 0 Å². The van der Waals surface area contributed by atoms with E-state index in [-0.39, 0.29) is 0 Å². The van der Waals surface area contributed by atoms with Crippen LogP contribution in [-0.4, -0.2) is 0 Å². The molecular formula is C22H34N2. The minimum Gasteiger partial charge on any atom is -0.398 e. The molecule has 2 rings (SSSR count). The fourth-order valence-electron chi connectivity index (χ4n) is 3.44. The highest BCUT2D eigenvalue weighted by molar-refractivity contribution is 6.01. The molecule has 0 heterocycles. The van der Waals surface area contributed by atoms with Crippen molar-refractivity contribution in [1.82, 2.24) is 0 Å². The van der Waals surface area contributed by atoms with Gasteiger partial charge in [-0.1, -0.05) is 52.4 Å². The van der Waals surface area contributed by atoms with Gasteiger partial charge < -0.3 is 11.5 Å². The fourth-order valence-corrected chi connectivity index (χ4v) is 3.44. The van der Waals surface area contributed by atoms with Gasteiger partial charge in [0.25, 0.3) is 0 Å². The number of hydrogen-bond acceptors (Lipinski definition) is 2. The van der Waals surface area contributed by atoms with Crippen molar-refractivity contribution in [2.24, 2.45) is 0 Å². The van der Waals surface area contributed by atoms with Gasteiger partial charge in [0.1, 0.15) is 0 Å². The maximum Gasteiger partial charge on any atom is 0.0397 e. The number of aryl methyl sites for hydroxylation is 2. The Morgan fingerprint density at radius 3 is 1.38 bits per heavy atom. The highest BCUT2D eigenvalue weighted by atomic mass is 14.6. The number of nitrogens with two attached hydrogens (primary N) is 2. The van der Waals surface area contributed by atoms with Gasteiger partial charge in [0.2, 0.25) is 0 Å². The zero-order valence-corrected chi connectivity index (χ0v) is 15.5. The Morgan fingerprint density at radius 1 is 0.583 bits per heavy atom. The largest absolute Gasteiger partial charge is 0.398 e.